The summed E-state index contributed by atoms with van der Waals surface area (Å²) in [4.78, 5) is 38.2. The number of amides is 3. The van der Waals surface area contributed by atoms with Crippen LogP contribution >= 0.6 is 0 Å². The number of hydrogen-bond acceptors (Lipinski definition) is 9. The van der Waals surface area contributed by atoms with Crippen molar-refractivity contribution in [1.29, 1.82) is 0 Å². The van der Waals surface area contributed by atoms with Crippen LogP contribution in [-0.4, -0.2) is 61.6 Å². The summed E-state index contributed by atoms with van der Waals surface area (Å²) in [5.41, 5.74) is 10.8. The van der Waals surface area contributed by atoms with Crippen LogP contribution in [0.1, 0.15) is 50.5 Å². The molecule has 1 rings (SSSR count). The molecule has 13 nitrogen and oxygen atoms in total. The lowest BCUT2D eigenvalue weighted by atomic mass is 10.1. The molecule has 0 aromatic carbocycles. The SMILES string of the molecule is CC(O)C(NC(=O)N[C@@H](CCC(N)=O)c1nc(C(N)C(C)O)no1)C(=O)O. The van der Waals surface area contributed by atoms with Crippen molar-refractivity contribution in [2.45, 2.75) is 57.0 Å². The van der Waals surface area contributed by atoms with E-state index in [4.69, 9.17) is 21.1 Å². The smallest absolute Gasteiger partial charge is 0.328 e. The molecular formula is C14H24N6O7. The Morgan fingerprint density at radius 2 is 1.81 bits per heavy atom. The molecule has 0 bridgehead atoms. The van der Waals surface area contributed by atoms with Crippen LogP contribution in [0.4, 0.5) is 4.79 Å². The zero-order chi connectivity index (χ0) is 20.7. The van der Waals surface area contributed by atoms with Gasteiger partial charge in [-0.15, -0.1) is 0 Å². The van der Waals surface area contributed by atoms with Crippen molar-refractivity contribution < 1.29 is 34.2 Å². The standard InChI is InChI=1S/C14H24N6O7/c1-5(21)9(16)11-19-12(27-20-11)7(3-4-8(15)23)17-14(26)18-10(6(2)22)13(24)25/h5-7,9-10,21-22H,3-4,16H2,1-2H3,(H2,15,23)(H,24,25)(H2,17,18,26)/t5?,6?,7-,9?,10?/m0/s1. The summed E-state index contributed by atoms with van der Waals surface area (Å²) in [5, 5.41) is 36.0. The van der Waals surface area contributed by atoms with Gasteiger partial charge in [0, 0.05) is 6.42 Å². The number of aromatic nitrogens is 2. The summed E-state index contributed by atoms with van der Waals surface area (Å²) in [6, 6.07) is -4.41. The Morgan fingerprint density at radius 3 is 2.30 bits per heavy atom. The monoisotopic (exact) mass is 388 g/mol. The Labute approximate surface area is 154 Å². The van der Waals surface area contributed by atoms with E-state index in [0.717, 1.165) is 0 Å². The summed E-state index contributed by atoms with van der Waals surface area (Å²) < 4.78 is 5.02. The quantitative estimate of drug-likeness (QED) is 0.231. The van der Waals surface area contributed by atoms with Crippen molar-refractivity contribution in [2.75, 3.05) is 0 Å². The number of hydrogen-bond donors (Lipinski definition) is 7. The number of carbonyl (C=O) groups is 3. The minimum atomic E-state index is -1.55. The summed E-state index contributed by atoms with van der Waals surface area (Å²) in [5.74, 6) is -2.20. The molecule has 1 heterocycles. The van der Waals surface area contributed by atoms with Gasteiger partial charge in [0.1, 0.15) is 6.04 Å². The van der Waals surface area contributed by atoms with Gasteiger partial charge in [0.15, 0.2) is 11.9 Å². The lowest BCUT2D eigenvalue weighted by Gasteiger charge is -2.20. The van der Waals surface area contributed by atoms with Gasteiger partial charge in [0.25, 0.3) is 0 Å². The van der Waals surface area contributed by atoms with Crippen molar-refractivity contribution in [1.82, 2.24) is 20.8 Å². The highest BCUT2D eigenvalue weighted by Gasteiger charge is 2.28. The van der Waals surface area contributed by atoms with E-state index >= 15 is 0 Å². The highest BCUT2D eigenvalue weighted by molar-refractivity contribution is 5.83. The van der Waals surface area contributed by atoms with E-state index in [1.54, 1.807) is 0 Å². The third-order valence-electron chi connectivity index (χ3n) is 3.59. The van der Waals surface area contributed by atoms with E-state index in [0.29, 0.717) is 0 Å². The first kappa shape index (κ1) is 22.3. The molecule has 27 heavy (non-hydrogen) atoms. The number of nitrogens with zero attached hydrogens (tertiary/aromatic N) is 2. The summed E-state index contributed by atoms with van der Waals surface area (Å²) in [6.07, 6.45) is -2.46. The fourth-order valence-electron chi connectivity index (χ4n) is 2.01. The normalized spacial score (nSPS) is 16.6. The van der Waals surface area contributed by atoms with Gasteiger partial charge >= 0.3 is 12.0 Å². The maximum absolute atomic E-state index is 12.1. The molecule has 3 amide bonds. The number of urea groups is 1. The van der Waals surface area contributed by atoms with Crippen LogP contribution in [0, 0.1) is 0 Å². The highest BCUT2D eigenvalue weighted by Crippen LogP contribution is 2.19. The van der Waals surface area contributed by atoms with Gasteiger partial charge in [0.05, 0.1) is 18.2 Å². The number of carboxylic acids is 1. The Bertz CT molecular complexity index is 662. The van der Waals surface area contributed by atoms with Crippen LogP contribution < -0.4 is 22.1 Å². The Balaban J connectivity index is 2.93. The molecule has 1 aromatic heterocycles. The molecule has 0 aliphatic heterocycles. The number of aliphatic hydroxyl groups excluding tert-OH is 2. The second-order valence-electron chi connectivity index (χ2n) is 5.99. The van der Waals surface area contributed by atoms with Crippen LogP contribution in [0.25, 0.3) is 0 Å². The molecule has 0 saturated heterocycles. The Morgan fingerprint density at radius 1 is 1.19 bits per heavy atom. The molecule has 0 radical (unpaired) electrons. The number of nitrogens with two attached hydrogens (primary N) is 2. The number of primary amides is 1. The van der Waals surface area contributed by atoms with E-state index in [1.807, 2.05) is 0 Å². The zero-order valence-electron chi connectivity index (χ0n) is 14.8. The number of nitrogens with one attached hydrogen (secondary N) is 2. The lowest BCUT2D eigenvalue weighted by Crippen LogP contribution is -2.51. The average molecular weight is 388 g/mol. The first-order chi connectivity index (χ1) is 12.5. The first-order valence-electron chi connectivity index (χ1n) is 8.06. The number of carboxylic acid groups (broad SMARTS) is 1. The topological polar surface area (TPSA) is 227 Å². The van der Waals surface area contributed by atoms with Gasteiger partial charge in [0.2, 0.25) is 11.8 Å². The number of rotatable bonds is 10. The second-order valence-corrected chi connectivity index (χ2v) is 5.99. The fourth-order valence-corrected chi connectivity index (χ4v) is 2.01. The molecule has 1 aromatic rings. The van der Waals surface area contributed by atoms with E-state index in [-0.39, 0.29) is 24.6 Å². The maximum Gasteiger partial charge on any atom is 0.328 e. The molecule has 0 saturated carbocycles. The van der Waals surface area contributed by atoms with Crippen molar-refractivity contribution in [3.8, 4) is 0 Å². The van der Waals surface area contributed by atoms with E-state index < -0.39 is 48.2 Å². The van der Waals surface area contributed by atoms with Gasteiger partial charge in [-0.05, 0) is 20.3 Å². The van der Waals surface area contributed by atoms with E-state index in [9.17, 15) is 24.6 Å². The minimum Gasteiger partial charge on any atom is -0.480 e. The van der Waals surface area contributed by atoms with Gasteiger partial charge in [-0.1, -0.05) is 5.16 Å². The molecule has 0 aliphatic carbocycles. The maximum atomic E-state index is 12.1. The average Bonchev–Trinajstić information content (AvgIpc) is 3.04. The molecule has 152 valence electrons. The van der Waals surface area contributed by atoms with Gasteiger partial charge in [-0.2, -0.15) is 4.98 Å². The predicted octanol–water partition coefficient (Wildman–Crippen LogP) is -2.11. The van der Waals surface area contributed by atoms with Crippen molar-refractivity contribution >= 4 is 17.9 Å². The lowest BCUT2D eigenvalue weighted by molar-refractivity contribution is -0.141. The summed E-state index contributed by atoms with van der Waals surface area (Å²) in [6.45, 7) is 2.63. The minimum absolute atomic E-state index is 0.0132. The van der Waals surface area contributed by atoms with Crippen LogP contribution in [0.15, 0.2) is 4.52 Å². The van der Waals surface area contributed by atoms with Crippen molar-refractivity contribution in [3.63, 3.8) is 0 Å². The number of aliphatic carboxylic acids is 1. The van der Waals surface area contributed by atoms with Crippen LogP contribution in [-0.2, 0) is 9.59 Å². The summed E-state index contributed by atoms with van der Waals surface area (Å²) >= 11 is 0. The van der Waals surface area contributed by atoms with E-state index in [1.165, 1.54) is 13.8 Å². The Hall–Kier alpha value is -2.77. The highest BCUT2D eigenvalue weighted by atomic mass is 16.5. The molecule has 0 fully saturated rings. The molecule has 4 unspecified atom stereocenters. The van der Waals surface area contributed by atoms with Crippen LogP contribution in [0.2, 0.25) is 0 Å². The van der Waals surface area contributed by atoms with Crippen LogP contribution in [0.5, 0.6) is 0 Å². The van der Waals surface area contributed by atoms with E-state index in [2.05, 4.69) is 20.8 Å². The largest absolute Gasteiger partial charge is 0.480 e. The zero-order valence-corrected chi connectivity index (χ0v) is 14.8. The second kappa shape index (κ2) is 9.80. The molecule has 0 spiro atoms. The van der Waals surface area contributed by atoms with Crippen molar-refractivity contribution in [2.24, 2.45) is 11.5 Å². The van der Waals surface area contributed by atoms with Gasteiger partial charge in [-0.3, -0.25) is 4.79 Å². The fraction of sp³-hybridized carbons (Fsp3) is 0.643. The number of aliphatic hydroxyl groups is 2. The third-order valence-corrected chi connectivity index (χ3v) is 3.59. The van der Waals surface area contributed by atoms with Crippen molar-refractivity contribution in [3.05, 3.63) is 11.7 Å². The van der Waals surface area contributed by atoms with Gasteiger partial charge in [-0.25, -0.2) is 9.59 Å². The molecule has 13 heteroatoms. The van der Waals surface area contributed by atoms with Gasteiger partial charge < -0.3 is 41.9 Å². The Kier molecular flexibility index (Phi) is 8.08. The molecular weight excluding hydrogens is 364 g/mol. The molecule has 9 N–H and O–H groups in total. The molecule has 0 aliphatic rings. The summed E-state index contributed by atoms with van der Waals surface area (Å²) in [7, 11) is 0. The molecule has 5 atom stereocenters. The first-order valence-corrected chi connectivity index (χ1v) is 8.06. The van der Waals surface area contributed by atoms with Crippen LogP contribution in [0.3, 0.4) is 0 Å². The number of carbonyl (C=O) groups excluding carboxylic acids is 2. The third kappa shape index (κ3) is 6.80. The predicted molar refractivity (Wildman–Crippen MR) is 88.8 cm³/mol.